The van der Waals surface area contributed by atoms with Gasteiger partial charge in [-0.1, -0.05) is 6.07 Å². The van der Waals surface area contributed by atoms with Gasteiger partial charge in [0.05, 0.1) is 20.6 Å². The van der Waals surface area contributed by atoms with Crippen molar-refractivity contribution < 1.29 is 14.3 Å². The van der Waals surface area contributed by atoms with Crippen LogP contribution in [0.2, 0.25) is 0 Å². The summed E-state index contributed by atoms with van der Waals surface area (Å²) >= 11 is 0. The Kier molecular flexibility index (Phi) is 5.72. The molecule has 0 radical (unpaired) electrons. The first-order valence-corrected chi connectivity index (χ1v) is 8.73. The topological polar surface area (TPSA) is 90.3 Å². The van der Waals surface area contributed by atoms with E-state index in [1.807, 2.05) is 18.2 Å². The highest BCUT2D eigenvalue weighted by molar-refractivity contribution is 5.91. The maximum absolute atomic E-state index is 12.5. The Bertz CT molecular complexity index is 746. The number of piperidine rings is 1. The molecule has 0 bridgehead atoms. The first-order valence-electron chi connectivity index (χ1n) is 8.73. The summed E-state index contributed by atoms with van der Waals surface area (Å²) in [6.07, 6.45) is 2.15. The molecule has 140 valence electrons. The molecule has 3 rings (SSSR count). The van der Waals surface area contributed by atoms with E-state index < -0.39 is 0 Å². The number of rotatable bonds is 6. The molecule has 0 unspecified atom stereocenters. The molecular formula is C18H25N5O3. The van der Waals surface area contributed by atoms with Gasteiger partial charge in [-0.2, -0.15) is 10.1 Å². The van der Waals surface area contributed by atoms with Crippen molar-refractivity contribution in [1.82, 2.24) is 20.1 Å². The maximum Gasteiger partial charge on any atom is 0.231 e. The molecule has 1 saturated heterocycles. The first kappa shape index (κ1) is 18.2. The third-order valence-electron chi connectivity index (χ3n) is 4.60. The van der Waals surface area contributed by atoms with Gasteiger partial charge in [0.25, 0.3) is 0 Å². The number of aromatic nitrogens is 3. The van der Waals surface area contributed by atoms with Crippen molar-refractivity contribution in [2.24, 2.45) is 7.05 Å². The van der Waals surface area contributed by atoms with Crippen LogP contribution in [-0.2, 0) is 18.3 Å². The van der Waals surface area contributed by atoms with Crippen molar-refractivity contribution in [2.45, 2.75) is 25.2 Å². The highest BCUT2D eigenvalue weighted by Crippen LogP contribution is 2.29. The minimum atomic E-state index is -0.194. The molecule has 0 spiro atoms. The van der Waals surface area contributed by atoms with E-state index in [2.05, 4.69) is 20.7 Å². The number of hydrogen-bond acceptors (Lipinski definition) is 6. The lowest BCUT2D eigenvalue weighted by Gasteiger charge is -2.19. The van der Waals surface area contributed by atoms with Gasteiger partial charge in [-0.15, -0.1) is 0 Å². The van der Waals surface area contributed by atoms with Crippen molar-refractivity contribution in [3.63, 3.8) is 0 Å². The smallest absolute Gasteiger partial charge is 0.231 e. The van der Waals surface area contributed by atoms with Gasteiger partial charge in [0.15, 0.2) is 5.82 Å². The summed E-state index contributed by atoms with van der Waals surface area (Å²) in [4.78, 5) is 17.1. The summed E-state index contributed by atoms with van der Waals surface area (Å²) in [5.41, 5.74) is 0.704. The number of nitrogens with zero attached hydrogens (tertiary/aromatic N) is 3. The molecule has 1 aliphatic heterocycles. The van der Waals surface area contributed by atoms with Crippen LogP contribution in [-0.4, -0.2) is 48.0 Å². The second kappa shape index (κ2) is 8.18. The lowest BCUT2D eigenvalue weighted by molar-refractivity contribution is -0.115. The van der Waals surface area contributed by atoms with Crippen molar-refractivity contribution >= 4 is 11.9 Å². The fourth-order valence-electron chi connectivity index (χ4n) is 3.20. The van der Waals surface area contributed by atoms with Gasteiger partial charge in [0, 0.05) is 18.5 Å². The number of carbonyl (C=O) groups excluding carboxylic acids is 1. The molecule has 1 aromatic heterocycles. The third-order valence-corrected chi connectivity index (χ3v) is 4.60. The number of hydrogen-bond donors (Lipinski definition) is 2. The van der Waals surface area contributed by atoms with E-state index in [-0.39, 0.29) is 12.3 Å². The van der Waals surface area contributed by atoms with Crippen LogP contribution in [0, 0.1) is 0 Å². The molecule has 1 amide bonds. The van der Waals surface area contributed by atoms with Crippen molar-refractivity contribution in [1.29, 1.82) is 0 Å². The Morgan fingerprint density at radius 2 is 1.92 bits per heavy atom. The monoisotopic (exact) mass is 359 g/mol. The van der Waals surface area contributed by atoms with Gasteiger partial charge in [-0.3, -0.25) is 10.1 Å². The molecule has 8 nitrogen and oxygen atoms in total. The number of anilines is 1. The Morgan fingerprint density at radius 1 is 1.27 bits per heavy atom. The molecule has 0 aliphatic carbocycles. The van der Waals surface area contributed by atoms with Gasteiger partial charge in [0.2, 0.25) is 11.9 Å². The molecule has 0 atom stereocenters. The zero-order valence-corrected chi connectivity index (χ0v) is 15.4. The molecule has 26 heavy (non-hydrogen) atoms. The summed E-state index contributed by atoms with van der Waals surface area (Å²) < 4.78 is 12.3. The van der Waals surface area contributed by atoms with Gasteiger partial charge < -0.3 is 14.8 Å². The molecule has 1 aliphatic rings. The molecule has 2 heterocycles. The lowest BCUT2D eigenvalue weighted by atomic mass is 9.98. The Morgan fingerprint density at radius 3 is 2.54 bits per heavy atom. The number of aryl methyl sites for hydroxylation is 1. The van der Waals surface area contributed by atoms with Crippen LogP contribution >= 0.6 is 0 Å². The fraction of sp³-hybridized carbons (Fsp3) is 0.500. The van der Waals surface area contributed by atoms with E-state index >= 15 is 0 Å². The number of methoxy groups -OCH3 is 2. The zero-order valence-electron chi connectivity index (χ0n) is 15.4. The predicted octanol–water partition coefficient (Wildman–Crippen LogP) is 1.48. The summed E-state index contributed by atoms with van der Waals surface area (Å²) in [6.45, 7) is 1.94. The molecule has 0 saturated carbocycles. The Hall–Kier alpha value is -2.61. The van der Waals surface area contributed by atoms with E-state index in [9.17, 15) is 4.79 Å². The summed E-state index contributed by atoms with van der Waals surface area (Å²) in [6, 6.07) is 5.44. The van der Waals surface area contributed by atoms with Crippen LogP contribution in [0.4, 0.5) is 5.95 Å². The minimum Gasteiger partial charge on any atom is -0.496 e. The molecular weight excluding hydrogens is 334 g/mol. The van der Waals surface area contributed by atoms with E-state index in [1.54, 1.807) is 25.9 Å². The minimum absolute atomic E-state index is 0.128. The summed E-state index contributed by atoms with van der Waals surface area (Å²) in [5.74, 6) is 2.62. The van der Waals surface area contributed by atoms with Crippen LogP contribution in [0.1, 0.15) is 30.1 Å². The van der Waals surface area contributed by atoms with E-state index in [0.717, 1.165) is 31.8 Å². The van der Waals surface area contributed by atoms with Gasteiger partial charge >= 0.3 is 0 Å². The second-order valence-corrected chi connectivity index (χ2v) is 6.31. The van der Waals surface area contributed by atoms with Crippen molar-refractivity contribution in [3.05, 3.63) is 29.6 Å². The van der Waals surface area contributed by atoms with Crippen LogP contribution in [0.15, 0.2) is 18.2 Å². The Labute approximate surface area is 152 Å². The molecule has 2 N–H and O–H groups in total. The normalized spacial score (nSPS) is 14.9. The summed E-state index contributed by atoms with van der Waals surface area (Å²) in [5, 5.41) is 10.7. The highest BCUT2D eigenvalue weighted by atomic mass is 16.5. The van der Waals surface area contributed by atoms with E-state index in [1.165, 1.54) is 0 Å². The molecule has 8 heteroatoms. The standard InChI is InChI=1S/C18H25N5O3/c1-23-18(21-17(22-23)12-7-9-19-10-8-12)20-16(24)11-13-14(25-2)5-4-6-15(13)26-3/h4-6,12,19H,7-11H2,1-3H3,(H,20,21,22,24). The fourth-order valence-corrected chi connectivity index (χ4v) is 3.20. The molecule has 1 fully saturated rings. The zero-order chi connectivity index (χ0) is 18.5. The quantitative estimate of drug-likeness (QED) is 0.812. The number of carbonyl (C=O) groups is 1. The van der Waals surface area contributed by atoms with Crippen molar-refractivity contribution in [2.75, 3.05) is 32.6 Å². The third kappa shape index (κ3) is 3.96. The number of nitrogens with one attached hydrogen (secondary N) is 2. The average molecular weight is 359 g/mol. The van der Waals surface area contributed by atoms with Crippen molar-refractivity contribution in [3.8, 4) is 11.5 Å². The highest BCUT2D eigenvalue weighted by Gasteiger charge is 2.22. The first-order chi connectivity index (χ1) is 12.6. The summed E-state index contributed by atoms with van der Waals surface area (Å²) in [7, 11) is 4.94. The SMILES string of the molecule is COc1cccc(OC)c1CC(=O)Nc1nc(C2CCNCC2)nn1C. The van der Waals surface area contributed by atoms with E-state index in [4.69, 9.17) is 9.47 Å². The average Bonchev–Trinajstić information content (AvgIpc) is 3.03. The molecule has 1 aromatic carbocycles. The van der Waals surface area contributed by atoms with Crippen LogP contribution in [0.5, 0.6) is 11.5 Å². The molecule has 2 aromatic rings. The number of amides is 1. The number of benzene rings is 1. The van der Waals surface area contributed by atoms with Crippen LogP contribution in [0.25, 0.3) is 0 Å². The van der Waals surface area contributed by atoms with Crippen LogP contribution < -0.4 is 20.1 Å². The second-order valence-electron chi connectivity index (χ2n) is 6.31. The number of ether oxygens (including phenoxy) is 2. The predicted molar refractivity (Wildman–Crippen MR) is 97.7 cm³/mol. The van der Waals surface area contributed by atoms with Gasteiger partial charge in [0.1, 0.15) is 11.5 Å². The maximum atomic E-state index is 12.5. The van der Waals surface area contributed by atoms with Gasteiger partial charge in [-0.05, 0) is 38.1 Å². The van der Waals surface area contributed by atoms with E-state index in [0.29, 0.717) is 28.9 Å². The lowest BCUT2D eigenvalue weighted by Crippen LogP contribution is -2.27. The van der Waals surface area contributed by atoms with Gasteiger partial charge in [-0.25, -0.2) is 4.68 Å². The Balaban J connectivity index is 1.72. The van der Waals surface area contributed by atoms with Crippen LogP contribution in [0.3, 0.4) is 0 Å². The largest absolute Gasteiger partial charge is 0.496 e.